The molecule has 2 aromatic carbocycles. The predicted octanol–water partition coefficient (Wildman–Crippen LogP) is 4.88. The normalized spacial score (nSPS) is 12.2. The molecule has 0 unspecified atom stereocenters. The quantitative estimate of drug-likeness (QED) is 0.767. The van der Waals surface area contributed by atoms with Crippen LogP contribution in [-0.4, -0.2) is 14.7 Å². The molecule has 0 atom stereocenters. The number of benzene rings is 2. The van der Waals surface area contributed by atoms with Crippen LogP contribution in [0.3, 0.4) is 0 Å². The van der Waals surface area contributed by atoms with Gasteiger partial charge in [-0.15, -0.1) is 11.8 Å². The lowest BCUT2D eigenvalue weighted by atomic mass is 10.2. The van der Waals surface area contributed by atoms with Gasteiger partial charge in [0.1, 0.15) is 0 Å². The Morgan fingerprint density at radius 2 is 1.70 bits per heavy atom. The first kappa shape index (κ1) is 18.0. The molecule has 0 heterocycles. The zero-order valence-corrected chi connectivity index (χ0v) is 14.1. The first-order chi connectivity index (χ1) is 10.6. The van der Waals surface area contributed by atoms with Crippen molar-refractivity contribution in [1.29, 1.82) is 0 Å². The van der Waals surface area contributed by atoms with Gasteiger partial charge in [-0.1, -0.05) is 11.6 Å². The van der Waals surface area contributed by atoms with Crippen molar-refractivity contribution in [3.8, 4) is 0 Å². The monoisotopic (exact) mass is 381 g/mol. The van der Waals surface area contributed by atoms with E-state index in [1.807, 2.05) is 6.26 Å². The molecule has 0 fully saturated rings. The van der Waals surface area contributed by atoms with Gasteiger partial charge in [0, 0.05) is 4.90 Å². The van der Waals surface area contributed by atoms with Gasteiger partial charge in [0.25, 0.3) is 10.0 Å². The summed E-state index contributed by atoms with van der Waals surface area (Å²) in [6, 6.07) is 8.40. The number of anilines is 1. The van der Waals surface area contributed by atoms with E-state index in [2.05, 4.69) is 4.72 Å². The van der Waals surface area contributed by atoms with Crippen molar-refractivity contribution in [2.45, 2.75) is 16.0 Å². The SMILES string of the molecule is CSc1ccc(S(=O)(=O)Nc2cc(C(F)(F)F)ccc2Cl)cc1. The second-order valence-corrected chi connectivity index (χ2v) is 7.44. The summed E-state index contributed by atoms with van der Waals surface area (Å²) in [5.41, 5.74) is -1.31. The number of nitrogens with one attached hydrogen (secondary N) is 1. The molecule has 124 valence electrons. The van der Waals surface area contributed by atoms with Crippen LogP contribution in [0.5, 0.6) is 0 Å². The van der Waals surface area contributed by atoms with Crippen LogP contribution < -0.4 is 4.72 Å². The Morgan fingerprint density at radius 1 is 1.09 bits per heavy atom. The molecule has 9 heteroatoms. The van der Waals surface area contributed by atoms with Crippen LogP contribution in [0.25, 0.3) is 0 Å². The van der Waals surface area contributed by atoms with E-state index in [-0.39, 0.29) is 15.6 Å². The molecule has 2 rings (SSSR count). The number of halogens is 4. The summed E-state index contributed by atoms with van der Waals surface area (Å²) in [7, 11) is -4.03. The number of alkyl halides is 3. The van der Waals surface area contributed by atoms with Gasteiger partial charge in [0.05, 0.1) is 21.2 Å². The van der Waals surface area contributed by atoms with Crippen LogP contribution in [-0.2, 0) is 16.2 Å². The standard InChI is InChI=1S/C14H11ClF3NO2S2/c1-22-10-3-5-11(6-4-10)23(20,21)19-13-8-9(14(16,17)18)2-7-12(13)15/h2-8,19H,1H3. The number of hydrogen-bond acceptors (Lipinski definition) is 3. The van der Waals surface area contributed by atoms with Gasteiger partial charge >= 0.3 is 6.18 Å². The van der Waals surface area contributed by atoms with Crippen molar-refractivity contribution < 1.29 is 21.6 Å². The molecule has 0 saturated carbocycles. The van der Waals surface area contributed by atoms with Gasteiger partial charge in [0.15, 0.2) is 0 Å². The lowest BCUT2D eigenvalue weighted by molar-refractivity contribution is -0.137. The van der Waals surface area contributed by atoms with Crippen LogP contribution in [0.4, 0.5) is 18.9 Å². The summed E-state index contributed by atoms with van der Waals surface area (Å²) in [6.07, 6.45) is -2.76. The van der Waals surface area contributed by atoms with E-state index >= 15 is 0 Å². The Kier molecular flexibility index (Phi) is 5.17. The van der Waals surface area contributed by atoms with Gasteiger partial charge in [-0.2, -0.15) is 13.2 Å². The second kappa shape index (κ2) is 6.62. The molecule has 0 radical (unpaired) electrons. The first-order valence-corrected chi connectivity index (χ1v) is 9.26. The van der Waals surface area contributed by atoms with E-state index in [9.17, 15) is 21.6 Å². The Bertz CT molecular complexity index is 806. The fourth-order valence-electron chi connectivity index (χ4n) is 1.74. The van der Waals surface area contributed by atoms with E-state index in [0.717, 1.165) is 17.0 Å². The maximum atomic E-state index is 12.7. The van der Waals surface area contributed by atoms with Gasteiger partial charge < -0.3 is 0 Å². The van der Waals surface area contributed by atoms with Crippen LogP contribution in [0.15, 0.2) is 52.3 Å². The van der Waals surface area contributed by atoms with E-state index in [1.165, 1.54) is 23.9 Å². The van der Waals surface area contributed by atoms with E-state index < -0.39 is 21.8 Å². The molecule has 0 bridgehead atoms. The molecule has 23 heavy (non-hydrogen) atoms. The van der Waals surface area contributed by atoms with E-state index in [1.54, 1.807) is 12.1 Å². The largest absolute Gasteiger partial charge is 0.416 e. The number of hydrogen-bond donors (Lipinski definition) is 1. The van der Waals surface area contributed by atoms with Crippen LogP contribution in [0.1, 0.15) is 5.56 Å². The number of sulfonamides is 1. The Morgan fingerprint density at radius 3 is 2.22 bits per heavy atom. The van der Waals surface area contributed by atoms with Crippen LogP contribution >= 0.6 is 23.4 Å². The Hall–Kier alpha value is -1.38. The van der Waals surface area contributed by atoms with Crippen LogP contribution in [0, 0.1) is 0 Å². The lowest BCUT2D eigenvalue weighted by Crippen LogP contribution is -2.14. The fourth-order valence-corrected chi connectivity index (χ4v) is 3.44. The van der Waals surface area contributed by atoms with Crippen molar-refractivity contribution in [1.82, 2.24) is 0 Å². The Balaban J connectivity index is 2.36. The molecule has 0 aliphatic rings. The Labute approximate surface area is 140 Å². The summed E-state index contributed by atoms with van der Waals surface area (Å²) in [4.78, 5) is 0.796. The van der Waals surface area contributed by atoms with Crippen molar-refractivity contribution in [2.75, 3.05) is 11.0 Å². The molecule has 2 aromatic rings. The maximum Gasteiger partial charge on any atom is 0.416 e. The van der Waals surface area contributed by atoms with Gasteiger partial charge in [-0.3, -0.25) is 4.72 Å². The molecule has 0 saturated heterocycles. The predicted molar refractivity (Wildman–Crippen MR) is 85.5 cm³/mol. The molecule has 0 amide bonds. The highest BCUT2D eigenvalue weighted by Gasteiger charge is 2.31. The van der Waals surface area contributed by atoms with Gasteiger partial charge in [-0.25, -0.2) is 8.42 Å². The highest BCUT2D eigenvalue weighted by molar-refractivity contribution is 7.98. The summed E-state index contributed by atoms with van der Waals surface area (Å²) < 4.78 is 64.7. The average molecular weight is 382 g/mol. The fraction of sp³-hybridized carbons (Fsp3) is 0.143. The van der Waals surface area contributed by atoms with Crippen molar-refractivity contribution >= 4 is 39.1 Å². The lowest BCUT2D eigenvalue weighted by Gasteiger charge is -2.13. The number of thioether (sulfide) groups is 1. The smallest absolute Gasteiger partial charge is 0.278 e. The van der Waals surface area contributed by atoms with Crippen molar-refractivity contribution in [3.63, 3.8) is 0 Å². The van der Waals surface area contributed by atoms with E-state index in [4.69, 9.17) is 11.6 Å². The molecule has 0 spiro atoms. The van der Waals surface area contributed by atoms with Crippen LogP contribution in [0.2, 0.25) is 5.02 Å². The summed E-state index contributed by atoms with van der Waals surface area (Å²) in [5, 5.41) is -0.123. The van der Waals surface area contributed by atoms with Gasteiger partial charge in [0.2, 0.25) is 0 Å². The van der Waals surface area contributed by atoms with Gasteiger partial charge in [-0.05, 0) is 48.7 Å². The molecule has 0 aromatic heterocycles. The van der Waals surface area contributed by atoms with Crippen molar-refractivity contribution in [2.24, 2.45) is 0 Å². The molecular weight excluding hydrogens is 371 g/mol. The zero-order chi connectivity index (χ0) is 17.3. The minimum absolute atomic E-state index is 0.0659. The second-order valence-electron chi connectivity index (χ2n) is 4.47. The molecule has 0 aliphatic heterocycles. The number of rotatable bonds is 4. The molecule has 3 nitrogen and oxygen atoms in total. The molecular formula is C14H11ClF3NO2S2. The molecule has 0 aliphatic carbocycles. The third-order valence-corrected chi connectivity index (χ3v) is 5.36. The highest BCUT2D eigenvalue weighted by atomic mass is 35.5. The highest BCUT2D eigenvalue weighted by Crippen LogP contribution is 2.34. The summed E-state index contributed by atoms with van der Waals surface area (Å²) in [5.74, 6) is 0. The molecule has 1 N–H and O–H groups in total. The topological polar surface area (TPSA) is 46.2 Å². The average Bonchev–Trinajstić information content (AvgIpc) is 2.48. The third kappa shape index (κ3) is 4.33. The first-order valence-electron chi connectivity index (χ1n) is 6.17. The third-order valence-electron chi connectivity index (χ3n) is 2.91. The van der Waals surface area contributed by atoms with Crippen molar-refractivity contribution in [3.05, 3.63) is 53.1 Å². The van der Waals surface area contributed by atoms with E-state index in [0.29, 0.717) is 6.07 Å². The summed E-state index contributed by atoms with van der Waals surface area (Å²) in [6.45, 7) is 0. The summed E-state index contributed by atoms with van der Waals surface area (Å²) >= 11 is 7.23. The minimum Gasteiger partial charge on any atom is -0.278 e. The maximum absolute atomic E-state index is 12.7. The zero-order valence-electron chi connectivity index (χ0n) is 11.7. The minimum atomic E-state index is -4.59.